The second kappa shape index (κ2) is 6.08. The molecule has 1 fully saturated rings. The van der Waals surface area contributed by atoms with Crippen LogP contribution in [0.15, 0.2) is 0 Å². The summed E-state index contributed by atoms with van der Waals surface area (Å²) in [7, 11) is 1.80. The molecule has 0 aromatic heterocycles. The van der Waals surface area contributed by atoms with Crippen LogP contribution < -0.4 is 5.73 Å². The number of amides is 1. The van der Waals surface area contributed by atoms with Crippen molar-refractivity contribution >= 4 is 5.91 Å². The maximum Gasteiger partial charge on any atom is 0.223 e. The van der Waals surface area contributed by atoms with Crippen molar-refractivity contribution in [2.45, 2.75) is 32.2 Å². The standard InChI is InChI=1S/C11H22N2O2/c1-9(12)7-11(14)13(2)5-6-15-8-10-3-4-10/h9-10H,3-8,12H2,1-2H3. The smallest absolute Gasteiger partial charge is 0.223 e. The van der Waals surface area contributed by atoms with Gasteiger partial charge in [-0.2, -0.15) is 0 Å². The average molecular weight is 214 g/mol. The number of carbonyl (C=O) groups excluding carboxylic acids is 1. The van der Waals surface area contributed by atoms with Gasteiger partial charge in [-0.05, 0) is 25.7 Å². The van der Waals surface area contributed by atoms with Gasteiger partial charge in [0.2, 0.25) is 5.91 Å². The fraction of sp³-hybridized carbons (Fsp3) is 0.909. The minimum absolute atomic E-state index is 0.0627. The Balaban J connectivity index is 2.00. The Bertz CT molecular complexity index is 203. The Morgan fingerprint density at radius 1 is 1.60 bits per heavy atom. The van der Waals surface area contributed by atoms with Gasteiger partial charge in [-0.3, -0.25) is 4.79 Å². The molecule has 0 spiro atoms. The molecule has 1 aliphatic rings. The Kier molecular flexibility index (Phi) is 5.05. The van der Waals surface area contributed by atoms with E-state index in [1.165, 1.54) is 12.8 Å². The third-order valence-corrected chi connectivity index (χ3v) is 2.54. The summed E-state index contributed by atoms with van der Waals surface area (Å²) in [5.41, 5.74) is 5.56. The fourth-order valence-corrected chi connectivity index (χ4v) is 1.29. The molecule has 1 atom stereocenters. The lowest BCUT2D eigenvalue weighted by Crippen LogP contribution is -2.34. The van der Waals surface area contributed by atoms with E-state index in [2.05, 4.69) is 0 Å². The summed E-state index contributed by atoms with van der Waals surface area (Å²) in [4.78, 5) is 13.2. The second-order valence-corrected chi connectivity index (χ2v) is 4.51. The monoisotopic (exact) mass is 214 g/mol. The number of hydrogen-bond acceptors (Lipinski definition) is 3. The number of nitrogens with zero attached hydrogens (tertiary/aromatic N) is 1. The Morgan fingerprint density at radius 2 is 2.27 bits per heavy atom. The molecule has 0 heterocycles. The van der Waals surface area contributed by atoms with E-state index >= 15 is 0 Å². The highest BCUT2D eigenvalue weighted by molar-refractivity contribution is 5.76. The molecule has 1 amide bonds. The van der Waals surface area contributed by atoms with Crippen LogP contribution >= 0.6 is 0 Å². The highest BCUT2D eigenvalue weighted by atomic mass is 16.5. The molecule has 1 rings (SSSR count). The van der Waals surface area contributed by atoms with E-state index in [9.17, 15) is 4.79 Å². The first-order valence-corrected chi connectivity index (χ1v) is 5.67. The van der Waals surface area contributed by atoms with Crippen LogP contribution in [0.1, 0.15) is 26.2 Å². The van der Waals surface area contributed by atoms with Gasteiger partial charge in [0.1, 0.15) is 0 Å². The topological polar surface area (TPSA) is 55.6 Å². The van der Waals surface area contributed by atoms with E-state index in [0.717, 1.165) is 12.5 Å². The zero-order valence-corrected chi connectivity index (χ0v) is 9.74. The lowest BCUT2D eigenvalue weighted by Gasteiger charge is -2.18. The van der Waals surface area contributed by atoms with E-state index in [4.69, 9.17) is 10.5 Å². The molecule has 15 heavy (non-hydrogen) atoms. The van der Waals surface area contributed by atoms with Crippen molar-refractivity contribution in [3.8, 4) is 0 Å². The first-order chi connectivity index (χ1) is 7.09. The minimum Gasteiger partial charge on any atom is -0.379 e. The van der Waals surface area contributed by atoms with Gasteiger partial charge in [0.05, 0.1) is 6.61 Å². The summed E-state index contributed by atoms with van der Waals surface area (Å²) in [5.74, 6) is 0.884. The predicted molar refractivity (Wildman–Crippen MR) is 59.4 cm³/mol. The molecule has 4 nitrogen and oxygen atoms in total. The lowest BCUT2D eigenvalue weighted by molar-refractivity contribution is -0.130. The molecule has 1 aliphatic carbocycles. The lowest BCUT2D eigenvalue weighted by atomic mass is 10.2. The Morgan fingerprint density at radius 3 is 2.80 bits per heavy atom. The zero-order chi connectivity index (χ0) is 11.3. The number of rotatable bonds is 7. The van der Waals surface area contributed by atoms with Crippen LogP contribution in [0.3, 0.4) is 0 Å². The largest absolute Gasteiger partial charge is 0.379 e. The van der Waals surface area contributed by atoms with Crippen molar-refractivity contribution in [2.24, 2.45) is 11.7 Å². The van der Waals surface area contributed by atoms with Gasteiger partial charge in [-0.25, -0.2) is 0 Å². The fourth-order valence-electron chi connectivity index (χ4n) is 1.29. The molecule has 4 heteroatoms. The summed E-state index contributed by atoms with van der Waals surface area (Å²) in [6, 6.07) is -0.0627. The maximum absolute atomic E-state index is 11.5. The summed E-state index contributed by atoms with van der Waals surface area (Å²) < 4.78 is 5.46. The molecule has 0 saturated heterocycles. The first kappa shape index (κ1) is 12.5. The molecule has 2 N–H and O–H groups in total. The second-order valence-electron chi connectivity index (χ2n) is 4.51. The summed E-state index contributed by atoms with van der Waals surface area (Å²) in [5, 5.41) is 0. The van der Waals surface area contributed by atoms with Crippen molar-refractivity contribution in [2.75, 3.05) is 26.8 Å². The third kappa shape index (κ3) is 5.74. The van der Waals surface area contributed by atoms with E-state index in [1.54, 1.807) is 11.9 Å². The number of carbonyl (C=O) groups is 1. The van der Waals surface area contributed by atoms with E-state index in [0.29, 0.717) is 19.6 Å². The van der Waals surface area contributed by atoms with E-state index in [1.807, 2.05) is 6.92 Å². The third-order valence-electron chi connectivity index (χ3n) is 2.54. The van der Waals surface area contributed by atoms with Gasteiger partial charge in [0.15, 0.2) is 0 Å². The van der Waals surface area contributed by atoms with E-state index < -0.39 is 0 Å². The van der Waals surface area contributed by atoms with Crippen LogP contribution in [0.2, 0.25) is 0 Å². The molecule has 0 bridgehead atoms. The molecule has 1 saturated carbocycles. The summed E-state index contributed by atoms with van der Waals surface area (Å²) in [6.45, 7) is 4.00. The van der Waals surface area contributed by atoms with Gasteiger partial charge in [-0.1, -0.05) is 0 Å². The van der Waals surface area contributed by atoms with Crippen LogP contribution in [-0.2, 0) is 9.53 Å². The minimum atomic E-state index is -0.0627. The van der Waals surface area contributed by atoms with Gasteiger partial charge in [0.25, 0.3) is 0 Å². The zero-order valence-electron chi connectivity index (χ0n) is 9.74. The number of nitrogens with two attached hydrogens (primary N) is 1. The van der Waals surface area contributed by atoms with Crippen LogP contribution in [0.4, 0.5) is 0 Å². The number of ether oxygens (including phenoxy) is 1. The van der Waals surface area contributed by atoms with Gasteiger partial charge >= 0.3 is 0 Å². The van der Waals surface area contributed by atoms with Crippen LogP contribution in [0.25, 0.3) is 0 Å². The SMILES string of the molecule is CC(N)CC(=O)N(C)CCOCC1CC1. The number of hydrogen-bond donors (Lipinski definition) is 1. The average Bonchev–Trinajstić information content (AvgIpc) is 2.94. The van der Waals surface area contributed by atoms with E-state index in [-0.39, 0.29) is 11.9 Å². The molecule has 0 aliphatic heterocycles. The van der Waals surface area contributed by atoms with Crippen molar-refractivity contribution < 1.29 is 9.53 Å². The quantitative estimate of drug-likeness (QED) is 0.632. The maximum atomic E-state index is 11.5. The highest BCUT2D eigenvalue weighted by Gasteiger charge is 2.21. The number of likely N-dealkylation sites (N-methyl/N-ethyl adjacent to an activating group) is 1. The molecule has 1 unspecified atom stereocenters. The molecular formula is C11H22N2O2. The van der Waals surface area contributed by atoms with Gasteiger partial charge < -0.3 is 15.4 Å². The van der Waals surface area contributed by atoms with Crippen LogP contribution in [0.5, 0.6) is 0 Å². The van der Waals surface area contributed by atoms with Gasteiger partial charge in [0, 0.05) is 32.7 Å². The summed E-state index contributed by atoms with van der Waals surface area (Å²) >= 11 is 0. The van der Waals surface area contributed by atoms with Gasteiger partial charge in [-0.15, -0.1) is 0 Å². The predicted octanol–water partition coefficient (Wildman–Crippen LogP) is 0.609. The summed E-state index contributed by atoms with van der Waals surface area (Å²) in [6.07, 6.45) is 3.03. The Hall–Kier alpha value is -0.610. The van der Waals surface area contributed by atoms with Crippen molar-refractivity contribution in [3.05, 3.63) is 0 Å². The van der Waals surface area contributed by atoms with Crippen molar-refractivity contribution in [1.82, 2.24) is 4.90 Å². The first-order valence-electron chi connectivity index (χ1n) is 5.67. The molecular weight excluding hydrogens is 192 g/mol. The highest BCUT2D eigenvalue weighted by Crippen LogP contribution is 2.28. The van der Waals surface area contributed by atoms with Crippen molar-refractivity contribution in [1.29, 1.82) is 0 Å². The van der Waals surface area contributed by atoms with Crippen LogP contribution in [0, 0.1) is 5.92 Å². The Labute approximate surface area is 91.8 Å². The molecule has 0 aromatic carbocycles. The normalized spacial score (nSPS) is 17.5. The van der Waals surface area contributed by atoms with Crippen LogP contribution in [-0.4, -0.2) is 43.7 Å². The molecule has 88 valence electrons. The molecule has 0 radical (unpaired) electrons. The molecule has 0 aromatic rings. The van der Waals surface area contributed by atoms with Crippen molar-refractivity contribution in [3.63, 3.8) is 0 Å².